The second-order valence-corrected chi connectivity index (χ2v) is 5.59. The van der Waals surface area contributed by atoms with E-state index in [1.165, 1.54) is 10.8 Å². The van der Waals surface area contributed by atoms with Crippen LogP contribution in [0, 0.1) is 17.0 Å². The van der Waals surface area contributed by atoms with Crippen LogP contribution in [0.3, 0.4) is 0 Å². The van der Waals surface area contributed by atoms with Crippen LogP contribution in [-0.2, 0) is 11.3 Å². The molecule has 8 heteroatoms. The summed E-state index contributed by atoms with van der Waals surface area (Å²) in [6, 6.07) is 0. The summed E-state index contributed by atoms with van der Waals surface area (Å²) in [5, 5.41) is 23.6. The van der Waals surface area contributed by atoms with Crippen LogP contribution < -0.4 is 5.32 Å². The molecule has 0 saturated heterocycles. The van der Waals surface area contributed by atoms with Gasteiger partial charge in [-0.3, -0.25) is 9.36 Å². The molecule has 0 atom stereocenters. The summed E-state index contributed by atoms with van der Waals surface area (Å²) in [5.74, 6) is -0.149. The van der Waals surface area contributed by atoms with Gasteiger partial charge in [-0.1, -0.05) is 19.3 Å². The molecule has 0 bridgehead atoms. The second kappa shape index (κ2) is 6.21. The molecule has 1 saturated carbocycles. The molecule has 0 spiro atoms. The SMILES string of the molecule is Cc1nc([N+](=O)[O-])cn1CC(=O)NCC1(O)CCCCC1. The normalized spacial score (nSPS) is 17.4. The molecule has 2 N–H and O–H groups in total. The lowest BCUT2D eigenvalue weighted by Gasteiger charge is -2.32. The fourth-order valence-electron chi connectivity index (χ4n) is 2.60. The predicted molar refractivity (Wildman–Crippen MR) is 74.7 cm³/mol. The molecule has 21 heavy (non-hydrogen) atoms. The minimum Gasteiger partial charge on any atom is -0.388 e. The topological polar surface area (TPSA) is 110 Å². The van der Waals surface area contributed by atoms with Crippen molar-refractivity contribution < 1.29 is 14.8 Å². The smallest absolute Gasteiger partial charge is 0.381 e. The van der Waals surface area contributed by atoms with Crippen LogP contribution in [0.25, 0.3) is 0 Å². The van der Waals surface area contributed by atoms with Gasteiger partial charge in [0.25, 0.3) is 0 Å². The third kappa shape index (κ3) is 4.01. The van der Waals surface area contributed by atoms with Crippen molar-refractivity contribution in [1.29, 1.82) is 0 Å². The van der Waals surface area contributed by atoms with Crippen molar-refractivity contribution in [1.82, 2.24) is 14.9 Å². The van der Waals surface area contributed by atoms with E-state index in [1.54, 1.807) is 6.92 Å². The molecule has 0 radical (unpaired) electrons. The first-order chi connectivity index (χ1) is 9.89. The van der Waals surface area contributed by atoms with Gasteiger partial charge in [0.2, 0.25) is 11.7 Å². The van der Waals surface area contributed by atoms with Crippen molar-refractivity contribution in [2.24, 2.45) is 0 Å². The molecule has 8 nitrogen and oxygen atoms in total. The number of aromatic nitrogens is 2. The van der Waals surface area contributed by atoms with Crippen molar-refractivity contribution >= 4 is 11.7 Å². The molecular weight excluding hydrogens is 276 g/mol. The van der Waals surface area contributed by atoms with Crippen molar-refractivity contribution in [3.63, 3.8) is 0 Å². The summed E-state index contributed by atoms with van der Waals surface area (Å²) in [6.07, 6.45) is 5.70. The zero-order valence-electron chi connectivity index (χ0n) is 12.0. The Labute approximate surface area is 122 Å². The van der Waals surface area contributed by atoms with Crippen molar-refractivity contribution in [3.05, 3.63) is 22.1 Å². The van der Waals surface area contributed by atoms with Crippen LogP contribution >= 0.6 is 0 Å². The van der Waals surface area contributed by atoms with Crippen LogP contribution in [0.15, 0.2) is 6.20 Å². The first kappa shape index (κ1) is 15.4. The molecule has 116 valence electrons. The van der Waals surface area contributed by atoms with Gasteiger partial charge < -0.3 is 20.5 Å². The predicted octanol–water partition coefficient (Wildman–Crippen LogP) is 0.911. The van der Waals surface area contributed by atoms with Gasteiger partial charge in [-0.25, -0.2) is 0 Å². The lowest BCUT2D eigenvalue weighted by Crippen LogP contribution is -2.45. The number of amides is 1. The maximum atomic E-state index is 11.9. The molecule has 1 aromatic rings. The number of aryl methyl sites for hydroxylation is 1. The van der Waals surface area contributed by atoms with Gasteiger partial charge in [0.15, 0.2) is 0 Å². The number of nitrogens with one attached hydrogen (secondary N) is 1. The second-order valence-electron chi connectivity index (χ2n) is 5.59. The Hall–Kier alpha value is -1.96. The van der Waals surface area contributed by atoms with Crippen LogP contribution in [-0.4, -0.2) is 37.6 Å². The number of aliphatic hydroxyl groups is 1. The average Bonchev–Trinajstić information content (AvgIpc) is 2.79. The quantitative estimate of drug-likeness (QED) is 0.620. The zero-order chi connectivity index (χ0) is 15.5. The molecule has 0 aromatic carbocycles. The lowest BCUT2D eigenvalue weighted by molar-refractivity contribution is -0.389. The van der Waals surface area contributed by atoms with Crippen molar-refractivity contribution in [2.75, 3.05) is 6.54 Å². The summed E-state index contributed by atoms with van der Waals surface area (Å²) in [4.78, 5) is 25.7. The van der Waals surface area contributed by atoms with Gasteiger partial charge in [0.1, 0.15) is 12.7 Å². The third-order valence-electron chi connectivity index (χ3n) is 3.86. The molecule has 0 unspecified atom stereocenters. The van der Waals surface area contributed by atoms with E-state index in [9.17, 15) is 20.0 Å². The van der Waals surface area contributed by atoms with E-state index in [-0.39, 0.29) is 24.8 Å². The minimum absolute atomic E-state index is 0.0389. The number of imidazole rings is 1. The molecule has 0 aliphatic heterocycles. The highest BCUT2D eigenvalue weighted by Gasteiger charge is 2.29. The number of carbonyl (C=O) groups is 1. The highest BCUT2D eigenvalue weighted by Crippen LogP contribution is 2.27. The van der Waals surface area contributed by atoms with E-state index in [4.69, 9.17) is 0 Å². The Balaban J connectivity index is 1.88. The van der Waals surface area contributed by atoms with E-state index in [0.717, 1.165) is 19.3 Å². The summed E-state index contributed by atoms with van der Waals surface area (Å²) >= 11 is 0. The van der Waals surface area contributed by atoms with Crippen LogP contribution in [0.5, 0.6) is 0 Å². The van der Waals surface area contributed by atoms with Crippen LogP contribution in [0.2, 0.25) is 0 Å². The maximum Gasteiger partial charge on any atom is 0.381 e. The molecule has 1 heterocycles. The van der Waals surface area contributed by atoms with E-state index in [1.807, 2.05) is 0 Å². The first-order valence-corrected chi connectivity index (χ1v) is 7.07. The highest BCUT2D eigenvalue weighted by molar-refractivity contribution is 5.75. The van der Waals surface area contributed by atoms with Crippen molar-refractivity contribution in [2.45, 2.75) is 51.2 Å². The van der Waals surface area contributed by atoms with E-state index < -0.39 is 10.5 Å². The summed E-state index contributed by atoms with van der Waals surface area (Å²) in [5.41, 5.74) is -0.816. The fourth-order valence-corrected chi connectivity index (χ4v) is 2.60. The van der Waals surface area contributed by atoms with Gasteiger partial charge in [0, 0.05) is 13.5 Å². The van der Waals surface area contributed by atoms with Gasteiger partial charge in [-0.2, -0.15) is 0 Å². The van der Waals surface area contributed by atoms with Crippen molar-refractivity contribution in [3.8, 4) is 0 Å². The number of nitro groups is 1. The Morgan fingerprint density at radius 2 is 2.19 bits per heavy atom. The molecule has 2 rings (SSSR count). The Bertz CT molecular complexity index is 534. The highest BCUT2D eigenvalue weighted by atomic mass is 16.6. The van der Waals surface area contributed by atoms with E-state index in [2.05, 4.69) is 10.3 Å². The summed E-state index contributed by atoms with van der Waals surface area (Å²) in [7, 11) is 0. The van der Waals surface area contributed by atoms with Crippen LogP contribution in [0.1, 0.15) is 37.9 Å². The average molecular weight is 296 g/mol. The van der Waals surface area contributed by atoms with Gasteiger partial charge in [-0.05, 0) is 22.7 Å². The summed E-state index contributed by atoms with van der Waals surface area (Å²) in [6.45, 7) is 1.79. The van der Waals surface area contributed by atoms with Crippen LogP contribution in [0.4, 0.5) is 5.82 Å². The van der Waals surface area contributed by atoms with E-state index >= 15 is 0 Å². The lowest BCUT2D eigenvalue weighted by atomic mass is 9.85. The maximum absolute atomic E-state index is 11.9. The van der Waals surface area contributed by atoms with Gasteiger partial charge in [0.05, 0.1) is 5.60 Å². The van der Waals surface area contributed by atoms with Gasteiger partial charge >= 0.3 is 5.82 Å². The number of nitrogens with zero attached hydrogens (tertiary/aromatic N) is 3. The minimum atomic E-state index is -0.816. The number of rotatable bonds is 5. The van der Waals surface area contributed by atoms with E-state index in [0.29, 0.717) is 18.7 Å². The first-order valence-electron chi connectivity index (χ1n) is 7.07. The number of carbonyl (C=O) groups excluding carboxylic acids is 1. The molecule has 1 aromatic heterocycles. The monoisotopic (exact) mass is 296 g/mol. The molecule has 1 aliphatic carbocycles. The largest absolute Gasteiger partial charge is 0.388 e. The molecule has 1 amide bonds. The molecular formula is C13H20N4O4. The Morgan fingerprint density at radius 1 is 1.52 bits per heavy atom. The standard InChI is InChI=1S/C13H20N4O4/c1-10-15-11(17(20)21)7-16(10)8-12(18)14-9-13(19)5-3-2-4-6-13/h7,19H,2-6,8-9H2,1H3,(H,14,18). The Kier molecular flexibility index (Phi) is 4.56. The zero-order valence-corrected chi connectivity index (χ0v) is 12.0. The van der Waals surface area contributed by atoms with Gasteiger partial charge in [-0.15, -0.1) is 0 Å². The molecule has 1 aliphatic rings. The number of hydrogen-bond acceptors (Lipinski definition) is 5. The number of hydrogen-bond donors (Lipinski definition) is 2. The third-order valence-corrected chi connectivity index (χ3v) is 3.86. The summed E-state index contributed by atoms with van der Waals surface area (Å²) < 4.78 is 1.43. The molecule has 1 fully saturated rings. The Morgan fingerprint density at radius 3 is 2.76 bits per heavy atom. The fraction of sp³-hybridized carbons (Fsp3) is 0.692.